The Balaban J connectivity index is 0.00000220. The van der Waals surface area contributed by atoms with Gasteiger partial charge in [0.25, 0.3) is 0 Å². The van der Waals surface area contributed by atoms with Crippen LogP contribution in [0, 0.1) is 5.92 Å². The molecule has 1 unspecified atom stereocenters. The highest BCUT2D eigenvalue weighted by Crippen LogP contribution is 2.24. The first kappa shape index (κ1) is 18.5. The molecule has 2 rings (SSSR count). The van der Waals surface area contributed by atoms with Gasteiger partial charge in [-0.05, 0) is 45.7 Å². The van der Waals surface area contributed by atoms with Crippen LogP contribution in [-0.4, -0.2) is 79.6 Å². The lowest BCUT2D eigenvalue weighted by molar-refractivity contribution is 0.0171. The zero-order valence-electron chi connectivity index (χ0n) is 13.9. The second kappa shape index (κ2) is 7.65. The molecular weight excluding hydrogens is 288 g/mol. The summed E-state index contributed by atoms with van der Waals surface area (Å²) in [5.74, 6) is 0.763. The minimum atomic E-state index is 0. The fraction of sp³-hybridized carbons (Fsp3) is 0.933. The summed E-state index contributed by atoms with van der Waals surface area (Å²) in [7, 11) is 3.66. The second-order valence-electron chi connectivity index (χ2n) is 7.07. The molecule has 0 spiro atoms. The molecule has 1 atom stereocenters. The highest BCUT2D eigenvalue weighted by molar-refractivity contribution is 5.85. The van der Waals surface area contributed by atoms with E-state index in [1.807, 2.05) is 19.0 Å². The number of rotatable bonds is 2. The molecule has 0 radical (unpaired) electrons. The Bertz CT molecular complexity index is 343. The molecule has 2 aliphatic rings. The zero-order chi connectivity index (χ0) is 14.8. The minimum absolute atomic E-state index is 0. The molecule has 0 aromatic carbocycles. The fourth-order valence-corrected chi connectivity index (χ4v) is 3.37. The fourth-order valence-electron chi connectivity index (χ4n) is 3.37. The van der Waals surface area contributed by atoms with Crippen LogP contribution in [-0.2, 0) is 0 Å². The monoisotopic (exact) mass is 318 g/mol. The van der Waals surface area contributed by atoms with Crippen molar-refractivity contribution in [1.29, 1.82) is 0 Å². The summed E-state index contributed by atoms with van der Waals surface area (Å²) in [5, 5.41) is 3.50. The average Bonchev–Trinajstić information content (AvgIpc) is 2.41. The van der Waals surface area contributed by atoms with Crippen LogP contribution in [0.3, 0.4) is 0 Å². The lowest BCUT2D eigenvalue weighted by Crippen LogP contribution is -2.62. The van der Waals surface area contributed by atoms with Crippen molar-refractivity contribution < 1.29 is 4.79 Å². The van der Waals surface area contributed by atoms with Gasteiger partial charge in [0.2, 0.25) is 0 Å². The smallest absolute Gasteiger partial charge is 0.319 e. The van der Waals surface area contributed by atoms with E-state index < -0.39 is 0 Å². The summed E-state index contributed by atoms with van der Waals surface area (Å²) >= 11 is 0. The SMILES string of the molecule is CN(C)C(=O)N1CCN(CC2CCCNC2)C(C)(C)C1.Cl. The summed E-state index contributed by atoms with van der Waals surface area (Å²) in [5.41, 5.74) is 0.0708. The van der Waals surface area contributed by atoms with Crippen LogP contribution in [0.4, 0.5) is 4.79 Å². The number of hydrogen-bond acceptors (Lipinski definition) is 3. The second-order valence-corrected chi connectivity index (χ2v) is 7.07. The molecule has 0 aromatic rings. The molecule has 2 amide bonds. The van der Waals surface area contributed by atoms with Crippen molar-refractivity contribution in [3.8, 4) is 0 Å². The van der Waals surface area contributed by atoms with Crippen molar-refractivity contribution in [3.05, 3.63) is 0 Å². The Labute approximate surface area is 135 Å². The van der Waals surface area contributed by atoms with Crippen molar-refractivity contribution in [2.75, 3.05) is 53.4 Å². The Morgan fingerprint density at radius 2 is 2.05 bits per heavy atom. The van der Waals surface area contributed by atoms with Crippen molar-refractivity contribution >= 4 is 18.4 Å². The van der Waals surface area contributed by atoms with Gasteiger partial charge in [0, 0.05) is 45.8 Å². The van der Waals surface area contributed by atoms with Gasteiger partial charge in [-0.25, -0.2) is 4.79 Å². The van der Waals surface area contributed by atoms with Crippen LogP contribution in [0.2, 0.25) is 0 Å². The molecule has 21 heavy (non-hydrogen) atoms. The van der Waals surface area contributed by atoms with E-state index in [-0.39, 0.29) is 24.0 Å². The maximum Gasteiger partial charge on any atom is 0.319 e. The number of piperazine rings is 1. The maximum absolute atomic E-state index is 12.1. The first-order valence-electron chi connectivity index (χ1n) is 7.82. The summed E-state index contributed by atoms with van der Waals surface area (Å²) in [6, 6.07) is 0.136. The third-order valence-corrected chi connectivity index (χ3v) is 4.60. The zero-order valence-corrected chi connectivity index (χ0v) is 14.7. The number of halogens is 1. The van der Waals surface area contributed by atoms with Gasteiger partial charge in [0.05, 0.1) is 0 Å². The van der Waals surface area contributed by atoms with Gasteiger partial charge in [0.1, 0.15) is 0 Å². The topological polar surface area (TPSA) is 38.8 Å². The van der Waals surface area contributed by atoms with E-state index in [0.29, 0.717) is 0 Å². The maximum atomic E-state index is 12.1. The molecule has 1 N–H and O–H groups in total. The first-order valence-corrected chi connectivity index (χ1v) is 7.82. The van der Waals surface area contributed by atoms with E-state index in [1.54, 1.807) is 4.90 Å². The quantitative estimate of drug-likeness (QED) is 0.838. The van der Waals surface area contributed by atoms with E-state index >= 15 is 0 Å². The molecule has 6 heteroatoms. The average molecular weight is 319 g/mol. The van der Waals surface area contributed by atoms with Gasteiger partial charge >= 0.3 is 6.03 Å². The minimum Gasteiger partial charge on any atom is -0.331 e. The summed E-state index contributed by atoms with van der Waals surface area (Å²) in [6.07, 6.45) is 2.63. The van der Waals surface area contributed by atoms with Gasteiger partial charge in [-0.2, -0.15) is 0 Å². The number of nitrogens with one attached hydrogen (secondary N) is 1. The molecule has 5 nitrogen and oxygen atoms in total. The van der Waals surface area contributed by atoms with Crippen molar-refractivity contribution in [2.24, 2.45) is 5.92 Å². The predicted molar refractivity (Wildman–Crippen MR) is 89.1 cm³/mol. The molecule has 124 valence electrons. The summed E-state index contributed by atoms with van der Waals surface area (Å²) in [6.45, 7) is 10.7. The van der Waals surface area contributed by atoms with Crippen LogP contribution in [0.5, 0.6) is 0 Å². The molecule has 2 saturated heterocycles. The lowest BCUT2D eigenvalue weighted by atomic mass is 9.93. The Hall–Kier alpha value is -0.520. The van der Waals surface area contributed by atoms with E-state index in [4.69, 9.17) is 0 Å². The van der Waals surface area contributed by atoms with Crippen LogP contribution in [0.15, 0.2) is 0 Å². The predicted octanol–water partition coefficient (Wildman–Crippen LogP) is 1.49. The van der Waals surface area contributed by atoms with Gasteiger partial charge in [-0.1, -0.05) is 0 Å². The van der Waals surface area contributed by atoms with E-state index in [0.717, 1.165) is 38.6 Å². The largest absolute Gasteiger partial charge is 0.331 e. The summed E-state index contributed by atoms with van der Waals surface area (Å²) < 4.78 is 0. The van der Waals surface area contributed by atoms with Crippen molar-refractivity contribution in [2.45, 2.75) is 32.2 Å². The van der Waals surface area contributed by atoms with Crippen molar-refractivity contribution in [3.63, 3.8) is 0 Å². The number of urea groups is 1. The molecule has 2 aliphatic heterocycles. The highest BCUT2D eigenvalue weighted by atomic mass is 35.5. The van der Waals surface area contributed by atoms with Crippen LogP contribution >= 0.6 is 12.4 Å². The van der Waals surface area contributed by atoms with E-state index in [9.17, 15) is 4.79 Å². The van der Waals surface area contributed by atoms with Crippen LogP contribution < -0.4 is 5.32 Å². The number of carbonyl (C=O) groups excluding carboxylic acids is 1. The molecule has 0 bridgehead atoms. The molecule has 0 saturated carbocycles. The molecular formula is C15H31ClN4O. The summed E-state index contributed by atoms with van der Waals surface area (Å²) in [4.78, 5) is 18.3. The van der Waals surface area contributed by atoms with Gasteiger partial charge in [-0.15, -0.1) is 12.4 Å². The number of piperidine rings is 1. The standard InChI is InChI=1S/C15H30N4O.ClH/c1-15(2)12-18(14(20)17(3)4)8-9-19(15)11-13-6-5-7-16-10-13;/h13,16H,5-12H2,1-4H3;1H. The van der Waals surface area contributed by atoms with Crippen LogP contribution in [0.1, 0.15) is 26.7 Å². The first-order chi connectivity index (χ1) is 9.40. The van der Waals surface area contributed by atoms with E-state index in [2.05, 4.69) is 24.1 Å². The van der Waals surface area contributed by atoms with Crippen molar-refractivity contribution in [1.82, 2.24) is 20.0 Å². The lowest BCUT2D eigenvalue weighted by Gasteiger charge is -2.49. The third kappa shape index (κ3) is 4.73. The number of hydrogen-bond donors (Lipinski definition) is 1. The third-order valence-electron chi connectivity index (χ3n) is 4.60. The van der Waals surface area contributed by atoms with Crippen LogP contribution in [0.25, 0.3) is 0 Å². The molecule has 0 aliphatic carbocycles. The Morgan fingerprint density at radius 3 is 2.57 bits per heavy atom. The number of carbonyl (C=O) groups is 1. The molecule has 2 fully saturated rings. The highest BCUT2D eigenvalue weighted by Gasteiger charge is 2.36. The van der Waals surface area contributed by atoms with Gasteiger partial charge in [0.15, 0.2) is 0 Å². The van der Waals surface area contributed by atoms with Gasteiger partial charge in [-0.3, -0.25) is 4.90 Å². The Kier molecular flexibility index (Phi) is 6.75. The number of nitrogens with zero attached hydrogens (tertiary/aromatic N) is 3. The van der Waals surface area contributed by atoms with E-state index in [1.165, 1.54) is 19.4 Å². The Morgan fingerprint density at radius 1 is 1.33 bits per heavy atom. The number of amides is 2. The van der Waals surface area contributed by atoms with Gasteiger partial charge < -0.3 is 15.1 Å². The normalized spacial score (nSPS) is 26.1. The molecule has 2 heterocycles. The molecule has 0 aromatic heterocycles.